The van der Waals surface area contributed by atoms with Gasteiger partial charge in [-0.25, -0.2) is 0 Å². The molecule has 0 aliphatic rings. The van der Waals surface area contributed by atoms with Gasteiger partial charge in [-0.2, -0.15) is 0 Å². The molecule has 0 spiro atoms. The van der Waals surface area contributed by atoms with Crippen LogP contribution in [0.5, 0.6) is 0 Å². The average Bonchev–Trinajstić information content (AvgIpc) is 0.722. The topological polar surface area (TPSA) is 17.1 Å². The van der Waals surface area contributed by atoms with Crippen molar-refractivity contribution in [2.24, 2.45) is 0 Å². The van der Waals surface area contributed by atoms with Gasteiger partial charge in [-0.15, -0.1) is 0 Å². The first-order valence-corrected chi connectivity index (χ1v) is 14.8. The van der Waals surface area contributed by atoms with Crippen molar-refractivity contribution in [3.05, 3.63) is 0 Å². The van der Waals surface area contributed by atoms with Crippen LogP contribution >= 0.6 is 59.9 Å². The molecule has 32 valence electrons. The zero-order chi connectivity index (χ0) is 4.50. The molecule has 0 saturated heterocycles. The Morgan fingerprint density at radius 2 is 1.20 bits per heavy atom. The van der Waals surface area contributed by atoms with Crippen molar-refractivity contribution in [1.82, 2.24) is 0 Å². The number of rotatable bonds is 0. The first kappa shape index (κ1) is 7.57. The molecule has 0 atom stereocenters. The molecule has 0 aromatic heterocycles. The van der Waals surface area contributed by atoms with Gasteiger partial charge < -0.3 is 0 Å². The second kappa shape index (κ2) is 2.78. The molecular formula is I3OV. The first-order chi connectivity index (χ1) is 2.00. The summed E-state index contributed by atoms with van der Waals surface area (Å²) in [7, 11) is 0. The van der Waals surface area contributed by atoms with Crippen molar-refractivity contribution >= 4 is 59.9 Å². The van der Waals surface area contributed by atoms with E-state index in [0.717, 1.165) is 0 Å². The van der Waals surface area contributed by atoms with E-state index in [1.165, 1.54) is 0 Å². The molecule has 0 radical (unpaired) electrons. The predicted octanol–water partition coefficient (Wildman–Crippen LogP) is 2.54. The molecule has 0 aromatic carbocycles. The van der Waals surface area contributed by atoms with Gasteiger partial charge in [-0.3, -0.25) is 0 Å². The van der Waals surface area contributed by atoms with E-state index in [2.05, 4.69) is 0 Å². The normalized spacial score (nSPS) is 11.8. The summed E-state index contributed by atoms with van der Waals surface area (Å²) in [5.74, 6) is 0. The monoisotopic (exact) mass is 448 g/mol. The van der Waals surface area contributed by atoms with Gasteiger partial charge in [0, 0.05) is 0 Å². The molecule has 0 N–H and O–H groups in total. The molecular weight excluding hydrogens is 448 g/mol. The number of hydrogen-bond donors (Lipinski definition) is 0. The van der Waals surface area contributed by atoms with E-state index in [-0.39, 0.29) is 0 Å². The Balaban J connectivity index is 3.47. The van der Waals surface area contributed by atoms with E-state index < -0.39 is 3.73 Å². The van der Waals surface area contributed by atoms with Gasteiger partial charge in [0.2, 0.25) is 0 Å². The van der Waals surface area contributed by atoms with E-state index in [1.54, 1.807) is 0 Å². The van der Waals surface area contributed by atoms with Crippen molar-refractivity contribution in [2.75, 3.05) is 0 Å². The number of halogens is 3. The van der Waals surface area contributed by atoms with Gasteiger partial charge >= 0.3 is 67.3 Å². The SMILES string of the molecule is [O]=[V]([I])([I])[I]. The van der Waals surface area contributed by atoms with Crippen LogP contribution in [-0.4, -0.2) is 0 Å². The molecule has 1 nitrogen and oxygen atoms in total. The Morgan fingerprint density at radius 1 is 1.20 bits per heavy atom. The van der Waals surface area contributed by atoms with E-state index in [4.69, 9.17) is 0 Å². The third-order valence-electron chi connectivity index (χ3n) is 0. The summed E-state index contributed by atoms with van der Waals surface area (Å²) in [6.45, 7) is 0. The molecule has 0 unspecified atom stereocenters. The molecule has 5 heteroatoms. The van der Waals surface area contributed by atoms with Gasteiger partial charge in [-0.05, 0) is 0 Å². The standard InChI is InChI=1S/3HI.O.V/h3*1H;;/q;;;;+3/p-3. The van der Waals surface area contributed by atoms with E-state index >= 15 is 0 Å². The fourth-order valence-corrected chi connectivity index (χ4v) is 0. The molecule has 0 aliphatic heterocycles. The summed E-state index contributed by atoms with van der Waals surface area (Å²) in [5.41, 5.74) is 0. The van der Waals surface area contributed by atoms with Crippen molar-refractivity contribution in [3.63, 3.8) is 0 Å². The second-order valence-corrected chi connectivity index (χ2v) is 41.3. The molecule has 0 fully saturated rings. The first-order valence-electron chi connectivity index (χ1n) is 0.690. The zero-order valence-corrected chi connectivity index (χ0v) is 9.86. The van der Waals surface area contributed by atoms with Gasteiger partial charge in [0.25, 0.3) is 0 Å². The Morgan fingerprint density at radius 3 is 1.20 bits per heavy atom. The molecule has 0 saturated carbocycles. The van der Waals surface area contributed by atoms with Crippen molar-refractivity contribution in [3.8, 4) is 0 Å². The summed E-state index contributed by atoms with van der Waals surface area (Å²) in [4.78, 5) is 0. The molecule has 0 heterocycles. The maximum atomic E-state index is 10.2. The molecule has 5 heavy (non-hydrogen) atoms. The van der Waals surface area contributed by atoms with E-state index in [9.17, 15) is 3.67 Å². The molecule has 0 aromatic rings. The van der Waals surface area contributed by atoms with Crippen LogP contribution in [0.15, 0.2) is 0 Å². The third kappa shape index (κ3) is 20.8. The second-order valence-electron chi connectivity index (χ2n) is 0.399. The number of hydrogen-bond acceptors (Lipinski definition) is 1. The quantitative estimate of drug-likeness (QED) is 0.522. The van der Waals surface area contributed by atoms with Crippen LogP contribution in [0.4, 0.5) is 0 Å². The van der Waals surface area contributed by atoms with Gasteiger partial charge in [0.1, 0.15) is 0 Å². The van der Waals surface area contributed by atoms with Crippen LogP contribution in [-0.2, 0) is 7.41 Å². The Hall–Kier alpha value is 2.57. The van der Waals surface area contributed by atoms with Crippen LogP contribution < -0.4 is 0 Å². The summed E-state index contributed by atoms with van der Waals surface area (Å²) in [5, 5.41) is 0. The Labute approximate surface area is 65.7 Å². The predicted molar refractivity (Wildman–Crippen MR) is 42.7 cm³/mol. The van der Waals surface area contributed by atoms with Crippen LogP contribution in [0.1, 0.15) is 0 Å². The van der Waals surface area contributed by atoms with Crippen LogP contribution in [0.3, 0.4) is 0 Å². The Bertz CT molecular complexity index is 53.0. The summed E-state index contributed by atoms with van der Waals surface area (Å²) in [6.07, 6.45) is 0. The minimum absolute atomic E-state index is 1.97. The van der Waals surface area contributed by atoms with Gasteiger partial charge in [0.15, 0.2) is 0 Å². The van der Waals surface area contributed by atoms with Crippen molar-refractivity contribution in [1.29, 1.82) is 0 Å². The van der Waals surface area contributed by atoms with E-state index in [0.29, 0.717) is 0 Å². The van der Waals surface area contributed by atoms with Crippen LogP contribution in [0.25, 0.3) is 0 Å². The van der Waals surface area contributed by atoms with E-state index in [1.807, 2.05) is 59.9 Å². The molecule has 0 aliphatic carbocycles. The summed E-state index contributed by atoms with van der Waals surface area (Å²) < 4.78 is 8.02. The van der Waals surface area contributed by atoms with Gasteiger partial charge in [0.05, 0.1) is 0 Å². The maximum absolute atomic E-state index is 10.2. The van der Waals surface area contributed by atoms with Crippen LogP contribution in [0.2, 0.25) is 0 Å². The fraction of sp³-hybridized carbons (Fsp3) is 0. The summed E-state index contributed by atoms with van der Waals surface area (Å²) in [6, 6.07) is 0. The molecule has 0 rings (SSSR count). The summed E-state index contributed by atoms with van der Waals surface area (Å²) >= 11 is 5.90. The fourth-order valence-electron chi connectivity index (χ4n) is 0. The average molecular weight is 448 g/mol. The zero-order valence-electron chi connectivity index (χ0n) is 1.99. The molecule has 0 bridgehead atoms. The third-order valence-corrected chi connectivity index (χ3v) is 0. The Kier molecular flexibility index (Phi) is 4.21. The van der Waals surface area contributed by atoms with Crippen molar-refractivity contribution in [2.45, 2.75) is 0 Å². The minimum atomic E-state index is -2.22. The van der Waals surface area contributed by atoms with Gasteiger partial charge in [-0.1, -0.05) is 0 Å². The molecule has 0 amide bonds. The van der Waals surface area contributed by atoms with Crippen molar-refractivity contribution < 1.29 is 7.41 Å². The van der Waals surface area contributed by atoms with Crippen LogP contribution in [0, 0.1) is 0 Å².